The Morgan fingerprint density at radius 1 is 1.33 bits per heavy atom. The number of nitro benzene ring substituents is 1. The topological polar surface area (TPSA) is 92.6 Å². The first-order valence-corrected chi connectivity index (χ1v) is 6.83. The van der Waals surface area contributed by atoms with E-state index in [4.69, 9.17) is 0 Å². The molecule has 1 aromatic rings. The second-order valence-electron chi connectivity index (χ2n) is 5.73. The monoisotopic (exact) mass is 289 g/mol. The van der Waals surface area contributed by atoms with E-state index in [1.54, 1.807) is 0 Å². The van der Waals surface area contributed by atoms with E-state index in [9.17, 15) is 19.7 Å². The predicted molar refractivity (Wildman–Crippen MR) is 74.9 cm³/mol. The number of carbonyl (C=O) groups excluding carboxylic acids is 2. The fourth-order valence-electron chi connectivity index (χ4n) is 3.17. The molecule has 0 bridgehead atoms. The average Bonchev–Trinajstić information content (AvgIpc) is 2.82. The molecule has 1 aliphatic carbocycles. The van der Waals surface area contributed by atoms with Gasteiger partial charge in [-0.3, -0.25) is 14.9 Å². The highest BCUT2D eigenvalue weighted by molar-refractivity contribution is 6.18. The number of imide groups is 1. The number of nitrogens with one attached hydrogen (secondary N) is 1. The summed E-state index contributed by atoms with van der Waals surface area (Å²) in [5, 5.41) is 13.5. The zero-order chi connectivity index (χ0) is 15.2. The second kappa shape index (κ2) is 4.54. The fraction of sp³-hybridized carbons (Fsp3) is 0.429. The largest absolute Gasteiger partial charge is 0.334 e. The lowest BCUT2D eigenvalue weighted by atomic mass is 9.81. The minimum atomic E-state index is -0.588. The van der Waals surface area contributed by atoms with E-state index in [0.29, 0.717) is 5.69 Å². The summed E-state index contributed by atoms with van der Waals surface area (Å²) in [6, 6.07) is 4.85. The van der Waals surface area contributed by atoms with Gasteiger partial charge in [-0.2, -0.15) is 0 Å². The van der Waals surface area contributed by atoms with Crippen LogP contribution in [0, 0.1) is 15.5 Å². The van der Waals surface area contributed by atoms with Crippen LogP contribution in [0.1, 0.15) is 26.2 Å². The fourth-order valence-corrected chi connectivity index (χ4v) is 3.17. The highest BCUT2D eigenvalue weighted by Gasteiger charge is 2.53. The van der Waals surface area contributed by atoms with Crippen LogP contribution in [0.5, 0.6) is 0 Å². The van der Waals surface area contributed by atoms with E-state index in [2.05, 4.69) is 5.32 Å². The van der Waals surface area contributed by atoms with Gasteiger partial charge in [0.05, 0.1) is 16.0 Å². The Morgan fingerprint density at radius 2 is 2.00 bits per heavy atom. The molecule has 1 saturated heterocycles. The lowest BCUT2D eigenvalue weighted by Crippen LogP contribution is -2.63. The van der Waals surface area contributed by atoms with Crippen molar-refractivity contribution in [3.8, 4) is 0 Å². The number of nitro groups is 1. The van der Waals surface area contributed by atoms with Crippen LogP contribution in [0.4, 0.5) is 16.2 Å². The van der Waals surface area contributed by atoms with E-state index in [0.717, 1.165) is 24.2 Å². The number of hydrogen-bond acceptors (Lipinski definition) is 4. The van der Waals surface area contributed by atoms with Gasteiger partial charge in [0.15, 0.2) is 0 Å². The van der Waals surface area contributed by atoms with Gasteiger partial charge in [0.2, 0.25) is 5.91 Å². The number of rotatable bonds is 2. The molecule has 1 aliphatic heterocycles. The number of benzene rings is 1. The summed E-state index contributed by atoms with van der Waals surface area (Å²) in [5.74, 6) is -0.234. The number of anilines is 1. The summed E-state index contributed by atoms with van der Waals surface area (Å²) in [6.07, 6.45) is 2.45. The van der Waals surface area contributed by atoms with Crippen LogP contribution in [0.2, 0.25) is 0 Å². The Labute approximate surface area is 121 Å². The molecule has 110 valence electrons. The molecule has 7 heteroatoms. The maximum Gasteiger partial charge on any atom is 0.329 e. The van der Waals surface area contributed by atoms with Gasteiger partial charge in [0.25, 0.3) is 5.69 Å². The van der Waals surface area contributed by atoms with Crippen molar-refractivity contribution >= 4 is 23.3 Å². The Kier molecular flexibility index (Phi) is 2.93. The summed E-state index contributed by atoms with van der Waals surface area (Å²) in [4.78, 5) is 36.1. The number of non-ortho nitro benzene ring substituents is 1. The van der Waals surface area contributed by atoms with Crippen molar-refractivity contribution in [1.29, 1.82) is 0 Å². The van der Waals surface area contributed by atoms with Gasteiger partial charge in [-0.25, -0.2) is 9.69 Å². The van der Waals surface area contributed by atoms with Gasteiger partial charge >= 0.3 is 6.03 Å². The van der Waals surface area contributed by atoms with Gasteiger partial charge < -0.3 is 5.32 Å². The van der Waals surface area contributed by atoms with E-state index >= 15 is 0 Å². The third-order valence-electron chi connectivity index (χ3n) is 4.47. The SMILES string of the molecule is CC12CCCC1NC(=O)N(c1ccc([N+](=O)[O-])cc1)C2=O. The molecule has 2 fully saturated rings. The van der Waals surface area contributed by atoms with E-state index in [-0.39, 0.29) is 17.6 Å². The van der Waals surface area contributed by atoms with Gasteiger partial charge in [-0.15, -0.1) is 0 Å². The molecule has 2 unspecified atom stereocenters. The Balaban J connectivity index is 1.95. The first-order valence-electron chi connectivity index (χ1n) is 6.83. The second-order valence-corrected chi connectivity index (χ2v) is 5.73. The Hall–Kier alpha value is -2.44. The van der Waals surface area contributed by atoms with Gasteiger partial charge in [-0.05, 0) is 31.9 Å². The summed E-state index contributed by atoms with van der Waals surface area (Å²) in [7, 11) is 0. The summed E-state index contributed by atoms with van der Waals surface area (Å²) in [6.45, 7) is 1.87. The van der Waals surface area contributed by atoms with Crippen molar-refractivity contribution in [3.63, 3.8) is 0 Å². The molecule has 1 N–H and O–H groups in total. The molecule has 1 heterocycles. The summed E-state index contributed by atoms with van der Waals surface area (Å²) in [5.41, 5.74) is -0.307. The molecule has 0 aromatic heterocycles. The first-order chi connectivity index (χ1) is 9.93. The zero-order valence-corrected chi connectivity index (χ0v) is 11.5. The third-order valence-corrected chi connectivity index (χ3v) is 4.47. The van der Waals surface area contributed by atoms with Crippen molar-refractivity contribution in [2.24, 2.45) is 5.41 Å². The lowest BCUT2D eigenvalue weighted by Gasteiger charge is -2.40. The minimum absolute atomic E-state index is 0.0754. The number of carbonyl (C=O) groups is 2. The standard InChI is InChI=1S/C14H15N3O4/c1-14-8-2-3-11(14)15-13(19)16(12(14)18)9-4-6-10(7-5-9)17(20)21/h4-7,11H,2-3,8H2,1H3,(H,15,19). The smallest absolute Gasteiger partial charge is 0.329 e. The van der Waals surface area contributed by atoms with Gasteiger partial charge in [0, 0.05) is 18.2 Å². The minimum Gasteiger partial charge on any atom is -0.334 e. The maximum absolute atomic E-state index is 12.7. The molecule has 0 radical (unpaired) electrons. The summed E-state index contributed by atoms with van der Waals surface area (Å²) >= 11 is 0. The molecule has 1 saturated carbocycles. The highest BCUT2D eigenvalue weighted by Crippen LogP contribution is 2.43. The highest BCUT2D eigenvalue weighted by atomic mass is 16.6. The normalized spacial score (nSPS) is 28.2. The number of hydrogen-bond donors (Lipinski definition) is 1. The van der Waals surface area contributed by atoms with Crippen LogP contribution in [-0.4, -0.2) is 22.9 Å². The molecule has 2 atom stereocenters. The van der Waals surface area contributed by atoms with Crippen molar-refractivity contribution in [2.75, 3.05) is 4.90 Å². The molecular formula is C14H15N3O4. The van der Waals surface area contributed by atoms with E-state index in [1.165, 1.54) is 24.3 Å². The number of amides is 3. The average molecular weight is 289 g/mol. The molecular weight excluding hydrogens is 274 g/mol. The molecule has 21 heavy (non-hydrogen) atoms. The van der Waals surface area contributed by atoms with Crippen molar-refractivity contribution < 1.29 is 14.5 Å². The molecule has 7 nitrogen and oxygen atoms in total. The third kappa shape index (κ3) is 1.96. The zero-order valence-electron chi connectivity index (χ0n) is 11.5. The number of urea groups is 1. The first kappa shape index (κ1) is 13.5. The van der Waals surface area contributed by atoms with E-state index < -0.39 is 16.4 Å². The quantitative estimate of drug-likeness (QED) is 0.667. The molecule has 2 aliphatic rings. The van der Waals surface area contributed by atoms with Crippen LogP contribution in [0.25, 0.3) is 0 Å². The van der Waals surface area contributed by atoms with Crippen LogP contribution in [0.3, 0.4) is 0 Å². The van der Waals surface area contributed by atoms with Gasteiger partial charge in [-0.1, -0.05) is 6.42 Å². The number of fused-ring (bicyclic) bond motifs is 1. The van der Waals surface area contributed by atoms with Crippen molar-refractivity contribution in [3.05, 3.63) is 34.4 Å². The van der Waals surface area contributed by atoms with Gasteiger partial charge in [0.1, 0.15) is 0 Å². The van der Waals surface area contributed by atoms with Crippen LogP contribution < -0.4 is 10.2 Å². The van der Waals surface area contributed by atoms with Crippen molar-refractivity contribution in [2.45, 2.75) is 32.2 Å². The van der Waals surface area contributed by atoms with Crippen LogP contribution in [-0.2, 0) is 4.79 Å². The predicted octanol–water partition coefficient (Wildman–Crippen LogP) is 2.21. The van der Waals surface area contributed by atoms with E-state index in [1.807, 2.05) is 6.92 Å². The molecule has 1 aromatic carbocycles. The molecule has 0 spiro atoms. The molecule has 3 amide bonds. The summed E-state index contributed by atoms with van der Waals surface area (Å²) < 4.78 is 0. The van der Waals surface area contributed by atoms with Crippen molar-refractivity contribution in [1.82, 2.24) is 5.32 Å². The maximum atomic E-state index is 12.7. The Bertz CT molecular complexity index is 628. The van der Waals surface area contributed by atoms with Crippen LogP contribution >= 0.6 is 0 Å². The molecule has 3 rings (SSSR count). The lowest BCUT2D eigenvalue weighted by molar-refractivity contribution is -0.384. The van der Waals surface area contributed by atoms with Crippen LogP contribution in [0.15, 0.2) is 24.3 Å². The number of nitrogens with zero attached hydrogens (tertiary/aromatic N) is 2. The Morgan fingerprint density at radius 3 is 2.62 bits per heavy atom.